The van der Waals surface area contributed by atoms with Crippen LogP contribution in [0.1, 0.15) is 19.8 Å². The summed E-state index contributed by atoms with van der Waals surface area (Å²) in [7, 11) is 0. The van der Waals surface area contributed by atoms with Crippen LogP contribution in [0, 0.1) is 0 Å². The molecule has 17 heavy (non-hydrogen) atoms. The molecule has 0 aromatic rings. The smallest absolute Gasteiger partial charge is 0.450 e. The maximum atomic E-state index is 10.0. The first-order valence-corrected chi connectivity index (χ1v) is 6.25. The first-order chi connectivity index (χ1) is 8.27. The van der Waals surface area contributed by atoms with Crippen molar-refractivity contribution in [1.29, 1.82) is 0 Å². The fourth-order valence-electron chi connectivity index (χ4n) is 1.24. The van der Waals surface area contributed by atoms with Crippen molar-refractivity contribution in [3.05, 3.63) is 0 Å². The predicted octanol–water partition coefficient (Wildman–Crippen LogP) is 0.250. The molecule has 0 aromatic carbocycles. The summed E-state index contributed by atoms with van der Waals surface area (Å²) in [6, 6.07) is 0. The molecule has 0 unspecified atom stereocenters. The molecule has 6 heteroatoms. The number of ether oxygens (including phenoxy) is 1. The SMILES string of the molecule is CCCCNCCNCCNCCOC(=O)O. The minimum atomic E-state index is -1.22. The van der Waals surface area contributed by atoms with Gasteiger partial charge < -0.3 is 25.8 Å². The van der Waals surface area contributed by atoms with Crippen LogP contribution in [0.4, 0.5) is 4.79 Å². The van der Waals surface area contributed by atoms with Crippen LogP contribution in [-0.2, 0) is 4.74 Å². The number of hydrogen-bond donors (Lipinski definition) is 4. The molecule has 0 rings (SSSR count). The van der Waals surface area contributed by atoms with E-state index in [1.54, 1.807) is 0 Å². The van der Waals surface area contributed by atoms with Gasteiger partial charge in [0.15, 0.2) is 0 Å². The second-order valence-corrected chi connectivity index (χ2v) is 3.72. The van der Waals surface area contributed by atoms with E-state index in [0.29, 0.717) is 6.54 Å². The largest absolute Gasteiger partial charge is 0.505 e. The minimum absolute atomic E-state index is 0.202. The number of carbonyl (C=O) groups is 1. The average molecular weight is 247 g/mol. The lowest BCUT2D eigenvalue weighted by Gasteiger charge is -2.07. The zero-order valence-corrected chi connectivity index (χ0v) is 10.6. The number of rotatable bonds is 12. The zero-order valence-electron chi connectivity index (χ0n) is 10.6. The summed E-state index contributed by atoms with van der Waals surface area (Å²) in [4.78, 5) is 10.0. The molecule has 0 bridgehead atoms. The molecule has 0 saturated carbocycles. The van der Waals surface area contributed by atoms with Gasteiger partial charge in [-0.25, -0.2) is 4.79 Å². The number of nitrogens with one attached hydrogen (secondary N) is 3. The molecular weight excluding hydrogens is 222 g/mol. The van der Waals surface area contributed by atoms with Gasteiger partial charge in [0.05, 0.1) is 0 Å². The molecule has 0 aliphatic heterocycles. The van der Waals surface area contributed by atoms with Crippen LogP contribution in [0.15, 0.2) is 0 Å². The zero-order chi connectivity index (χ0) is 12.8. The van der Waals surface area contributed by atoms with Crippen molar-refractivity contribution >= 4 is 6.16 Å². The normalized spacial score (nSPS) is 10.4. The Bertz CT molecular complexity index is 179. The summed E-state index contributed by atoms with van der Waals surface area (Å²) in [5.41, 5.74) is 0. The van der Waals surface area contributed by atoms with Gasteiger partial charge in [-0.3, -0.25) is 0 Å². The molecule has 0 aliphatic carbocycles. The third-order valence-electron chi connectivity index (χ3n) is 2.17. The van der Waals surface area contributed by atoms with Crippen molar-refractivity contribution < 1.29 is 14.6 Å². The van der Waals surface area contributed by atoms with E-state index in [1.165, 1.54) is 12.8 Å². The van der Waals surface area contributed by atoms with Gasteiger partial charge in [-0.2, -0.15) is 0 Å². The maximum Gasteiger partial charge on any atom is 0.505 e. The van der Waals surface area contributed by atoms with Crippen LogP contribution >= 0.6 is 0 Å². The van der Waals surface area contributed by atoms with E-state index in [4.69, 9.17) is 5.11 Å². The molecule has 0 aliphatic rings. The van der Waals surface area contributed by atoms with E-state index in [9.17, 15) is 4.79 Å². The summed E-state index contributed by atoms with van der Waals surface area (Å²) in [5, 5.41) is 17.9. The fraction of sp³-hybridized carbons (Fsp3) is 0.909. The van der Waals surface area contributed by atoms with E-state index in [2.05, 4.69) is 27.6 Å². The molecule has 0 aromatic heterocycles. The van der Waals surface area contributed by atoms with Crippen molar-refractivity contribution in [2.75, 3.05) is 45.9 Å². The Balaban J connectivity index is 2.91. The molecular formula is C11H25N3O3. The highest BCUT2D eigenvalue weighted by Gasteiger charge is 1.94. The van der Waals surface area contributed by atoms with Gasteiger partial charge in [-0.1, -0.05) is 13.3 Å². The van der Waals surface area contributed by atoms with Crippen LogP contribution in [0.3, 0.4) is 0 Å². The van der Waals surface area contributed by atoms with Gasteiger partial charge in [-0.05, 0) is 13.0 Å². The van der Waals surface area contributed by atoms with Crippen molar-refractivity contribution in [2.24, 2.45) is 0 Å². The first kappa shape index (κ1) is 16.1. The number of unbranched alkanes of at least 4 members (excludes halogenated alkanes) is 1. The second-order valence-electron chi connectivity index (χ2n) is 3.72. The number of carboxylic acid groups (broad SMARTS) is 1. The summed E-state index contributed by atoms with van der Waals surface area (Å²) >= 11 is 0. The third kappa shape index (κ3) is 15.1. The molecule has 0 fully saturated rings. The van der Waals surface area contributed by atoms with Crippen LogP contribution in [0.2, 0.25) is 0 Å². The van der Waals surface area contributed by atoms with Crippen LogP contribution in [-0.4, -0.2) is 57.1 Å². The van der Waals surface area contributed by atoms with Gasteiger partial charge in [0.1, 0.15) is 6.61 Å². The molecule has 0 spiro atoms. The lowest BCUT2D eigenvalue weighted by molar-refractivity contribution is 0.0924. The van der Waals surface area contributed by atoms with Gasteiger partial charge in [0.25, 0.3) is 0 Å². The monoisotopic (exact) mass is 247 g/mol. The van der Waals surface area contributed by atoms with Crippen molar-refractivity contribution in [1.82, 2.24) is 16.0 Å². The van der Waals surface area contributed by atoms with Gasteiger partial charge >= 0.3 is 6.16 Å². The standard InChI is InChI=1S/C11H25N3O3/c1-2-3-4-12-5-6-13-7-8-14-9-10-17-11(15)16/h12-14H,2-10H2,1H3,(H,15,16). The van der Waals surface area contributed by atoms with Crippen molar-refractivity contribution in [3.8, 4) is 0 Å². The Kier molecular flexibility index (Phi) is 12.6. The van der Waals surface area contributed by atoms with E-state index in [0.717, 1.165) is 32.7 Å². The molecule has 0 atom stereocenters. The first-order valence-electron chi connectivity index (χ1n) is 6.25. The Labute approximate surface area is 103 Å². The van der Waals surface area contributed by atoms with Crippen LogP contribution < -0.4 is 16.0 Å². The Morgan fingerprint density at radius 1 is 1.00 bits per heavy atom. The summed E-state index contributed by atoms with van der Waals surface area (Å²) < 4.78 is 4.35. The van der Waals surface area contributed by atoms with Gasteiger partial charge in [0.2, 0.25) is 0 Å². The highest BCUT2D eigenvalue weighted by molar-refractivity contribution is 5.56. The van der Waals surface area contributed by atoms with E-state index in [-0.39, 0.29) is 6.61 Å². The molecule has 0 amide bonds. The third-order valence-corrected chi connectivity index (χ3v) is 2.17. The van der Waals surface area contributed by atoms with Gasteiger partial charge in [-0.15, -0.1) is 0 Å². The number of hydrogen-bond acceptors (Lipinski definition) is 5. The lowest BCUT2D eigenvalue weighted by Crippen LogP contribution is -2.34. The Hall–Kier alpha value is -0.850. The fourth-order valence-corrected chi connectivity index (χ4v) is 1.24. The minimum Gasteiger partial charge on any atom is -0.450 e. The topological polar surface area (TPSA) is 82.6 Å². The van der Waals surface area contributed by atoms with Crippen LogP contribution in [0.25, 0.3) is 0 Å². The Morgan fingerprint density at radius 2 is 1.53 bits per heavy atom. The van der Waals surface area contributed by atoms with Crippen molar-refractivity contribution in [2.45, 2.75) is 19.8 Å². The van der Waals surface area contributed by atoms with Crippen molar-refractivity contribution in [3.63, 3.8) is 0 Å². The molecule has 6 nitrogen and oxygen atoms in total. The summed E-state index contributed by atoms with van der Waals surface area (Å²) in [6.07, 6.45) is 1.23. The summed E-state index contributed by atoms with van der Waals surface area (Å²) in [5.74, 6) is 0. The quantitative estimate of drug-likeness (QED) is 0.292. The highest BCUT2D eigenvalue weighted by atomic mass is 16.7. The van der Waals surface area contributed by atoms with Crippen LogP contribution in [0.5, 0.6) is 0 Å². The van der Waals surface area contributed by atoms with E-state index >= 15 is 0 Å². The highest BCUT2D eigenvalue weighted by Crippen LogP contribution is 1.80. The lowest BCUT2D eigenvalue weighted by atomic mass is 10.3. The predicted molar refractivity (Wildman–Crippen MR) is 67.5 cm³/mol. The average Bonchev–Trinajstić information content (AvgIpc) is 2.30. The van der Waals surface area contributed by atoms with Gasteiger partial charge in [0, 0.05) is 32.7 Å². The molecule has 0 heterocycles. The molecule has 102 valence electrons. The maximum absolute atomic E-state index is 10.0. The Morgan fingerprint density at radius 3 is 2.06 bits per heavy atom. The second kappa shape index (κ2) is 13.2. The molecule has 0 saturated heterocycles. The molecule has 4 N–H and O–H groups in total. The molecule has 0 radical (unpaired) electrons. The summed E-state index contributed by atoms with van der Waals surface area (Å²) in [6.45, 7) is 7.67. The van der Waals surface area contributed by atoms with E-state index < -0.39 is 6.16 Å². The van der Waals surface area contributed by atoms with E-state index in [1.807, 2.05) is 0 Å².